The van der Waals surface area contributed by atoms with Gasteiger partial charge in [0, 0.05) is 5.56 Å². The Balaban J connectivity index is 2.31. The summed E-state index contributed by atoms with van der Waals surface area (Å²) < 4.78 is 11.6. The quantitative estimate of drug-likeness (QED) is 0.867. The second-order valence-corrected chi connectivity index (χ2v) is 3.73. The van der Waals surface area contributed by atoms with E-state index < -0.39 is 5.97 Å². The molecule has 1 heterocycles. The van der Waals surface area contributed by atoms with Gasteiger partial charge >= 0.3 is 5.97 Å². The number of benzene rings is 1. The number of carboxylic acids is 1. The number of rotatable bonds is 5. The second kappa shape index (κ2) is 5.38. The Bertz CT molecular complexity index is 594. The molecule has 0 unspecified atom stereocenters. The number of carboxylic acid groups (broad SMARTS) is 1. The lowest BCUT2D eigenvalue weighted by Gasteiger charge is -2.07. The van der Waals surface area contributed by atoms with E-state index in [0.29, 0.717) is 17.3 Å². The van der Waals surface area contributed by atoms with E-state index in [-0.39, 0.29) is 6.54 Å². The molecule has 0 spiro atoms. The van der Waals surface area contributed by atoms with E-state index in [9.17, 15) is 4.79 Å². The molecular formula is C12H13N3O4. The summed E-state index contributed by atoms with van der Waals surface area (Å²) in [5, 5.41) is 12.8. The molecule has 0 aliphatic carbocycles. The van der Waals surface area contributed by atoms with Crippen LogP contribution >= 0.6 is 0 Å². The molecule has 7 heteroatoms. The first-order valence-corrected chi connectivity index (χ1v) is 5.47. The van der Waals surface area contributed by atoms with Gasteiger partial charge in [-0.25, -0.2) is 9.67 Å². The van der Waals surface area contributed by atoms with Gasteiger partial charge in [-0.3, -0.25) is 4.79 Å². The molecule has 0 aliphatic rings. The predicted molar refractivity (Wildman–Crippen MR) is 66.2 cm³/mol. The minimum Gasteiger partial charge on any atom is -0.493 e. The molecule has 0 radical (unpaired) electrons. The zero-order valence-corrected chi connectivity index (χ0v) is 10.5. The topological polar surface area (TPSA) is 86.5 Å². The van der Waals surface area contributed by atoms with Gasteiger partial charge in [-0.15, -0.1) is 0 Å². The maximum absolute atomic E-state index is 10.6. The summed E-state index contributed by atoms with van der Waals surface area (Å²) >= 11 is 0. The molecular weight excluding hydrogens is 250 g/mol. The third kappa shape index (κ3) is 2.82. The standard InChI is InChI=1S/C12H13N3O4/c1-18-9-4-3-8(5-10(9)19-2)12-13-7-15(14-12)6-11(16)17/h3-5,7H,6H2,1-2H3,(H,16,17). The SMILES string of the molecule is COc1ccc(-c2ncn(CC(=O)O)n2)cc1OC. The molecule has 0 saturated carbocycles. The van der Waals surface area contributed by atoms with Crippen LogP contribution in [0.5, 0.6) is 11.5 Å². The van der Waals surface area contributed by atoms with Gasteiger partial charge in [0.2, 0.25) is 0 Å². The van der Waals surface area contributed by atoms with Crippen molar-refractivity contribution in [3.8, 4) is 22.9 Å². The number of ether oxygens (including phenoxy) is 2. The van der Waals surface area contributed by atoms with E-state index in [1.165, 1.54) is 18.1 Å². The third-order valence-corrected chi connectivity index (χ3v) is 2.48. The van der Waals surface area contributed by atoms with Crippen molar-refractivity contribution >= 4 is 5.97 Å². The lowest BCUT2D eigenvalue weighted by Crippen LogP contribution is -2.08. The minimum atomic E-state index is -0.969. The van der Waals surface area contributed by atoms with Crippen LogP contribution in [0.1, 0.15) is 0 Å². The lowest BCUT2D eigenvalue weighted by atomic mass is 10.2. The molecule has 0 fully saturated rings. The number of nitrogens with zero attached hydrogens (tertiary/aromatic N) is 3. The summed E-state index contributed by atoms with van der Waals surface area (Å²) in [7, 11) is 3.09. The van der Waals surface area contributed by atoms with Crippen LogP contribution in [-0.4, -0.2) is 40.1 Å². The summed E-state index contributed by atoms with van der Waals surface area (Å²) in [6.07, 6.45) is 1.38. The van der Waals surface area contributed by atoms with E-state index in [2.05, 4.69) is 10.1 Å². The molecule has 0 saturated heterocycles. The van der Waals surface area contributed by atoms with E-state index >= 15 is 0 Å². The Morgan fingerprint density at radius 3 is 2.68 bits per heavy atom. The van der Waals surface area contributed by atoms with Crippen molar-refractivity contribution in [3.63, 3.8) is 0 Å². The highest BCUT2D eigenvalue weighted by Gasteiger charge is 2.10. The van der Waals surface area contributed by atoms with Crippen molar-refractivity contribution in [3.05, 3.63) is 24.5 Å². The van der Waals surface area contributed by atoms with Gasteiger partial charge in [0.05, 0.1) is 14.2 Å². The number of hydrogen-bond acceptors (Lipinski definition) is 5. The van der Waals surface area contributed by atoms with Gasteiger partial charge in [0.1, 0.15) is 12.9 Å². The van der Waals surface area contributed by atoms with Crippen molar-refractivity contribution in [2.75, 3.05) is 14.2 Å². The van der Waals surface area contributed by atoms with Crippen LogP contribution in [0.3, 0.4) is 0 Å². The highest BCUT2D eigenvalue weighted by Crippen LogP contribution is 2.30. The molecule has 0 aliphatic heterocycles. The van der Waals surface area contributed by atoms with Crippen molar-refractivity contribution in [1.82, 2.24) is 14.8 Å². The summed E-state index contributed by atoms with van der Waals surface area (Å²) in [5.74, 6) is 0.636. The molecule has 0 bridgehead atoms. The molecule has 0 amide bonds. The monoisotopic (exact) mass is 263 g/mol. The first kappa shape index (κ1) is 12.9. The number of aromatic nitrogens is 3. The van der Waals surface area contributed by atoms with Gasteiger partial charge in [-0.1, -0.05) is 0 Å². The Kier molecular flexibility index (Phi) is 3.65. The zero-order chi connectivity index (χ0) is 13.8. The van der Waals surface area contributed by atoms with Crippen molar-refractivity contribution < 1.29 is 19.4 Å². The highest BCUT2D eigenvalue weighted by atomic mass is 16.5. The molecule has 7 nitrogen and oxygen atoms in total. The predicted octanol–water partition coefficient (Wildman–Crippen LogP) is 1.05. The first-order valence-electron chi connectivity index (χ1n) is 5.47. The lowest BCUT2D eigenvalue weighted by molar-refractivity contribution is -0.137. The Hall–Kier alpha value is -2.57. The van der Waals surface area contributed by atoms with Gasteiger partial charge in [-0.05, 0) is 18.2 Å². The van der Waals surface area contributed by atoms with E-state index in [0.717, 1.165) is 5.56 Å². The molecule has 1 aromatic heterocycles. The maximum Gasteiger partial charge on any atom is 0.325 e. The molecule has 1 N–H and O–H groups in total. The van der Waals surface area contributed by atoms with Crippen molar-refractivity contribution in [2.45, 2.75) is 6.54 Å². The molecule has 0 atom stereocenters. The third-order valence-electron chi connectivity index (χ3n) is 2.48. The Labute approximate surface area is 109 Å². The van der Waals surface area contributed by atoms with E-state index in [4.69, 9.17) is 14.6 Å². The van der Waals surface area contributed by atoms with Crippen molar-refractivity contribution in [1.29, 1.82) is 0 Å². The van der Waals surface area contributed by atoms with Crippen LogP contribution in [0.25, 0.3) is 11.4 Å². The van der Waals surface area contributed by atoms with Gasteiger partial charge in [-0.2, -0.15) is 5.10 Å². The fourth-order valence-corrected chi connectivity index (χ4v) is 1.62. The summed E-state index contributed by atoms with van der Waals surface area (Å²) in [5.41, 5.74) is 0.724. The Morgan fingerprint density at radius 2 is 2.05 bits per heavy atom. The van der Waals surface area contributed by atoms with E-state index in [1.807, 2.05) is 0 Å². The normalized spacial score (nSPS) is 10.2. The average Bonchev–Trinajstić information content (AvgIpc) is 2.85. The van der Waals surface area contributed by atoms with Crippen LogP contribution in [0, 0.1) is 0 Å². The molecule has 19 heavy (non-hydrogen) atoms. The van der Waals surface area contributed by atoms with Gasteiger partial charge < -0.3 is 14.6 Å². The first-order chi connectivity index (χ1) is 9.13. The molecule has 100 valence electrons. The fraction of sp³-hybridized carbons (Fsp3) is 0.250. The van der Waals surface area contributed by atoms with Crippen LogP contribution in [0.4, 0.5) is 0 Å². The second-order valence-electron chi connectivity index (χ2n) is 3.73. The van der Waals surface area contributed by atoms with Crippen molar-refractivity contribution in [2.24, 2.45) is 0 Å². The number of methoxy groups -OCH3 is 2. The number of hydrogen-bond donors (Lipinski definition) is 1. The maximum atomic E-state index is 10.6. The molecule has 2 aromatic rings. The van der Waals surface area contributed by atoms with Gasteiger partial charge in [0.25, 0.3) is 0 Å². The molecule has 2 rings (SSSR count). The van der Waals surface area contributed by atoms with Gasteiger partial charge in [0.15, 0.2) is 17.3 Å². The van der Waals surface area contributed by atoms with Crippen LogP contribution in [0.2, 0.25) is 0 Å². The van der Waals surface area contributed by atoms with E-state index in [1.54, 1.807) is 25.3 Å². The highest BCUT2D eigenvalue weighted by molar-refractivity contribution is 5.66. The number of aliphatic carboxylic acids is 1. The smallest absolute Gasteiger partial charge is 0.325 e. The Morgan fingerprint density at radius 1 is 1.32 bits per heavy atom. The summed E-state index contributed by atoms with van der Waals surface area (Å²) in [6.45, 7) is -0.222. The minimum absolute atomic E-state index is 0.222. The van der Waals surface area contributed by atoms with Crippen LogP contribution < -0.4 is 9.47 Å². The average molecular weight is 263 g/mol. The summed E-state index contributed by atoms with van der Waals surface area (Å²) in [6, 6.07) is 5.26. The zero-order valence-electron chi connectivity index (χ0n) is 10.5. The largest absolute Gasteiger partial charge is 0.493 e. The summed E-state index contributed by atoms with van der Waals surface area (Å²) in [4.78, 5) is 14.6. The van der Waals surface area contributed by atoms with Crippen LogP contribution in [0.15, 0.2) is 24.5 Å². The number of carbonyl (C=O) groups is 1. The van der Waals surface area contributed by atoms with Crippen LogP contribution in [-0.2, 0) is 11.3 Å². The fourth-order valence-electron chi connectivity index (χ4n) is 1.62. The molecule has 1 aromatic carbocycles.